The molecule has 1 aromatic heterocycles. The molecule has 2 aromatic rings. The number of anilines is 1. The van der Waals surface area contributed by atoms with Crippen LogP contribution in [0.5, 0.6) is 0 Å². The summed E-state index contributed by atoms with van der Waals surface area (Å²) in [6, 6.07) is 13.2. The van der Waals surface area contributed by atoms with Crippen LogP contribution in [0, 0.1) is 6.92 Å². The summed E-state index contributed by atoms with van der Waals surface area (Å²) in [5, 5.41) is 9.11. The van der Waals surface area contributed by atoms with Gasteiger partial charge in [0.25, 0.3) is 0 Å². The van der Waals surface area contributed by atoms with E-state index in [1.807, 2.05) is 0 Å². The lowest BCUT2D eigenvalue weighted by atomic mass is 10.2. The summed E-state index contributed by atoms with van der Waals surface area (Å²) < 4.78 is 0. The summed E-state index contributed by atoms with van der Waals surface area (Å²) >= 11 is 1.78. The topological polar surface area (TPSA) is 39.7 Å². The number of hydrogen-bond donors (Lipinski definition) is 2. The molecule has 3 rings (SSSR count). The Balaban J connectivity index is 1.59. The second-order valence-corrected chi connectivity index (χ2v) is 7.13. The van der Waals surface area contributed by atoms with Crippen molar-refractivity contribution in [1.82, 2.24) is 10.6 Å². The lowest BCUT2D eigenvalue weighted by Gasteiger charge is -2.20. The van der Waals surface area contributed by atoms with Gasteiger partial charge >= 0.3 is 0 Å². The lowest BCUT2D eigenvalue weighted by molar-refractivity contribution is 0.649. The average Bonchev–Trinajstić information content (AvgIpc) is 3.23. The van der Waals surface area contributed by atoms with Crippen molar-refractivity contribution in [3.63, 3.8) is 0 Å². The van der Waals surface area contributed by atoms with Gasteiger partial charge in [0.15, 0.2) is 5.96 Å². The largest absolute Gasteiger partial charge is 0.369 e. The fourth-order valence-corrected chi connectivity index (χ4v) is 3.81. The molecule has 0 aliphatic carbocycles. The molecule has 0 saturated carbocycles. The molecule has 1 aliphatic heterocycles. The van der Waals surface area contributed by atoms with E-state index in [2.05, 4.69) is 71.2 Å². The Morgan fingerprint density at radius 1 is 1.29 bits per heavy atom. The van der Waals surface area contributed by atoms with Crippen LogP contribution in [0.2, 0.25) is 0 Å². The first-order chi connectivity index (χ1) is 11.8. The zero-order chi connectivity index (χ0) is 16.8. The van der Waals surface area contributed by atoms with Crippen molar-refractivity contribution in [2.45, 2.75) is 32.9 Å². The number of para-hydroxylation sites is 1. The molecule has 0 amide bonds. The molecule has 1 aromatic carbocycles. The minimum Gasteiger partial charge on any atom is -0.369 e. The van der Waals surface area contributed by atoms with Gasteiger partial charge in [-0.25, -0.2) is 4.99 Å². The first-order valence-corrected chi connectivity index (χ1v) is 9.52. The zero-order valence-corrected chi connectivity index (χ0v) is 15.3. The highest BCUT2D eigenvalue weighted by molar-refractivity contribution is 7.10. The first-order valence-electron chi connectivity index (χ1n) is 8.64. The van der Waals surface area contributed by atoms with Gasteiger partial charge in [0.05, 0.1) is 6.54 Å². The normalized spacial score (nSPS) is 18.0. The molecule has 0 bridgehead atoms. The molecular formula is C19H26N4S. The van der Waals surface area contributed by atoms with Crippen molar-refractivity contribution in [3.8, 4) is 0 Å². The predicted molar refractivity (Wildman–Crippen MR) is 104 cm³/mol. The standard InChI is InChI=1S/C19H26N4S/c1-3-20-19(21-13-18-15(2)10-12-24-18)22-16-9-11-23(14-16)17-7-5-4-6-8-17/h4-8,10,12,16H,3,9,11,13-14H2,1-2H3,(H2,20,21,22). The molecule has 0 radical (unpaired) electrons. The molecule has 2 heterocycles. The maximum atomic E-state index is 4.76. The van der Waals surface area contributed by atoms with Gasteiger partial charge in [0.1, 0.15) is 0 Å². The molecular weight excluding hydrogens is 316 g/mol. The van der Waals surface area contributed by atoms with Crippen LogP contribution in [-0.4, -0.2) is 31.6 Å². The second-order valence-electron chi connectivity index (χ2n) is 6.13. The Kier molecular flexibility index (Phi) is 5.75. The van der Waals surface area contributed by atoms with Crippen LogP contribution in [0.15, 0.2) is 46.8 Å². The van der Waals surface area contributed by atoms with E-state index in [1.165, 1.54) is 16.1 Å². The zero-order valence-electron chi connectivity index (χ0n) is 14.5. The van der Waals surface area contributed by atoms with E-state index in [1.54, 1.807) is 11.3 Å². The van der Waals surface area contributed by atoms with Crippen molar-refractivity contribution in [2.24, 2.45) is 4.99 Å². The molecule has 1 aliphatic rings. The van der Waals surface area contributed by atoms with Crippen molar-refractivity contribution >= 4 is 23.0 Å². The predicted octanol–water partition coefficient (Wildman–Crippen LogP) is 3.39. The van der Waals surface area contributed by atoms with Gasteiger partial charge in [-0.15, -0.1) is 11.3 Å². The summed E-state index contributed by atoms with van der Waals surface area (Å²) in [5.41, 5.74) is 2.63. The molecule has 5 heteroatoms. The van der Waals surface area contributed by atoms with Gasteiger partial charge in [-0.3, -0.25) is 0 Å². The van der Waals surface area contributed by atoms with Gasteiger partial charge < -0.3 is 15.5 Å². The van der Waals surface area contributed by atoms with Crippen molar-refractivity contribution in [1.29, 1.82) is 0 Å². The number of nitrogens with zero attached hydrogens (tertiary/aromatic N) is 2. The van der Waals surface area contributed by atoms with Crippen molar-refractivity contribution < 1.29 is 0 Å². The van der Waals surface area contributed by atoms with Gasteiger partial charge in [-0.2, -0.15) is 0 Å². The molecule has 4 nitrogen and oxygen atoms in total. The fraction of sp³-hybridized carbons (Fsp3) is 0.421. The van der Waals surface area contributed by atoms with Crippen LogP contribution in [0.25, 0.3) is 0 Å². The van der Waals surface area contributed by atoms with Gasteiger partial charge in [0.2, 0.25) is 0 Å². The third-order valence-corrected chi connectivity index (χ3v) is 5.35. The molecule has 0 spiro atoms. The SMILES string of the molecule is CCNC(=NCc1sccc1C)NC1CCN(c2ccccc2)C1. The van der Waals surface area contributed by atoms with Crippen LogP contribution in [0.4, 0.5) is 5.69 Å². The minimum atomic E-state index is 0.437. The fourth-order valence-electron chi connectivity index (χ4n) is 2.98. The van der Waals surface area contributed by atoms with Gasteiger partial charge in [0, 0.05) is 36.2 Å². The van der Waals surface area contributed by atoms with E-state index < -0.39 is 0 Å². The molecule has 24 heavy (non-hydrogen) atoms. The van der Waals surface area contributed by atoms with Crippen molar-refractivity contribution in [2.75, 3.05) is 24.5 Å². The number of thiophene rings is 1. The van der Waals surface area contributed by atoms with Crippen LogP contribution >= 0.6 is 11.3 Å². The summed E-state index contributed by atoms with van der Waals surface area (Å²) in [6.07, 6.45) is 1.14. The lowest BCUT2D eigenvalue weighted by Crippen LogP contribution is -2.44. The first kappa shape index (κ1) is 16.8. The van der Waals surface area contributed by atoms with Crippen LogP contribution < -0.4 is 15.5 Å². The van der Waals surface area contributed by atoms with E-state index in [0.29, 0.717) is 6.04 Å². The Morgan fingerprint density at radius 3 is 2.83 bits per heavy atom. The number of hydrogen-bond acceptors (Lipinski definition) is 3. The highest BCUT2D eigenvalue weighted by Gasteiger charge is 2.23. The van der Waals surface area contributed by atoms with Crippen molar-refractivity contribution in [3.05, 3.63) is 52.2 Å². The molecule has 1 saturated heterocycles. The number of aliphatic imine (C=N–C) groups is 1. The molecule has 1 unspecified atom stereocenters. The highest BCUT2D eigenvalue weighted by Crippen LogP contribution is 2.20. The van der Waals surface area contributed by atoms with E-state index in [4.69, 9.17) is 4.99 Å². The number of guanidine groups is 1. The quantitative estimate of drug-likeness (QED) is 0.646. The Bertz CT molecular complexity index is 665. The van der Waals surface area contributed by atoms with Gasteiger partial charge in [-0.1, -0.05) is 18.2 Å². The van der Waals surface area contributed by atoms with E-state index in [9.17, 15) is 0 Å². The number of rotatable bonds is 5. The summed E-state index contributed by atoms with van der Waals surface area (Å²) in [6.45, 7) is 7.99. The number of aryl methyl sites for hydroxylation is 1. The maximum absolute atomic E-state index is 4.76. The van der Waals surface area contributed by atoms with Gasteiger partial charge in [-0.05, 0) is 49.4 Å². The Morgan fingerprint density at radius 2 is 2.12 bits per heavy atom. The molecule has 1 fully saturated rings. The molecule has 2 N–H and O–H groups in total. The van der Waals surface area contributed by atoms with E-state index >= 15 is 0 Å². The highest BCUT2D eigenvalue weighted by atomic mass is 32.1. The Hall–Kier alpha value is -2.01. The third-order valence-electron chi connectivity index (χ3n) is 4.34. The third kappa shape index (κ3) is 4.29. The average molecular weight is 343 g/mol. The number of benzene rings is 1. The van der Waals surface area contributed by atoms with E-state index in [0.717, 1.165) is 38.6 Å². The smallest absolute Gasteiger partial charge is 0.191 e. The summed E-state index contributed by atoms with van der Waals surface area (Å²) in [5.74, 6) is 0.921. The second kappa shape index (κ2) is 8.20. The maximum Gasteiger partial charge on any atom is 0.191 e. The summed E-state index contributed by atoms with van der Waals surface area (Å²) in [4.78, 5) is 8.54. The number of nitrogens with one attached hydrogen (secondary N) is 2. The monoisotopic (exact) mass is 342 g/mol. The van der Waals surface area contributed by atoms with Crippen LogP contribution in [0.1, 0.15) is 23.8 Å². The van der Waals surface area contributed by atoms with E-state index in [-0.39, 0.29) is 0 Å². The van der Waals surface area contributed by atoms with Crippen LogP contribution in [0.3, 0.4) is 0 Å². The Labute approximate surface area is 148 Å². The summed E-state index contributed by atoms with van der Waals surface area (Å²) in [7, 11) is 0. The molecule has 128 valence electrons. The molecule has 1 atom stereocenters. The minimum absolute atomic E-state index is 0.437. The van der Waals surface area contributed by atoms with Crippen LogP contribution in [-0.2, 0) is 6.54 Å².